The number of rotatable bonds is 5. The van der Waals surface area contributed by atoms with Crippen molar-refractivity contribution in [3.8, 4) is 5.75 Å². The topological polar surface area (TPSA) is 75.7 Å². The van der Waals surface area contributed by atoms with Gasteiger partial charge in [-0.3, -0.25) is 9.10 Å². The van der Waals surface area contributed by atoms with Gasteiger partial charge in [-0.2, -0.15) is 0 Å². The van der Waals surface area contributed by atoms with Crippen molar-refractivity contribution in [2.45, 2.75) is 11.4 Å². The summed E-state index contributed by atoms with van der Waals surface area (Å²) < 4.78 is 32.6. The zero-order chi connectivity index (χ0) is 22.9. The Morgan fingerprint density at radius 2 is 1.72 bits per heavy atom. The number of methoxy groups -OCH3 is 1. The quantitative estimate of drug-likeness (QED) is 0.612. The number of halogens is 1. The van der Waals surface area contributed by atoms with Gasteiger partial charge in [-0.1, -0.05) is 54.1 Å². The van der Waals surface area contributed by atoms with E-state index in [1.54, 1.807) is 25.3 Å². The van der Waals surface area contributed by atoms with Crippen LogP contribution in [0.15, 0.2) is 83.4 Å². The molecule has 1 N–H and O–H groups in total. The third-order valence-corrected chi connectivity index (χ3v) is 7.34. The van der Waals surface area contributed by atoms with Gasteiger partial charge in [0.2, 0.25) is 0 Å². The van der Waals surface area contributed by atoms with Crippen molar-refractivity contribution in [2.75, 3.05) is 14.2 Å². The number of sulfonamides is 1. The monoisotopic (exact) mass is 468 g/mol. The van der Waals surface area contributed by atoms with Crippen molar-refractivity contribution in [1.29, 1.82) is 0 Å². The molecule has 164 valence electrons. The van der Waals surface area contributed by atoms with Crippen LogP contribution >= 0.6 is 11.6 Å². The summed E-state index contributed by atoms with van der Waals surface area (Å²) in [5.74, 6) is 0.206. The highest BCUT2D eigenvalue weighted by Crippen LogP contribution is 2.40. The van der Waals surface area contributed by atoms with Gasteiger partial charge in [0.1, 0.15) is 11.4 Å². The van der Waals surface area contributed by atoms with Gasteiger partial charge in [0.15, 0.2) is 0 Å². The van der Waals surface area contributed by atoms with E-state index in [0.29, 0.717) is 27.5 Å². The van der Waals surface area contributed by atoms with Crippen LogP contribution in [0.4, 0.5) is 0 Å². The summed E-state index contributed by atoms with van der Waals surface area (Å²) in [4.78, 5) is 13.4. The molecule has 6 nitrogen and oxygen atoms in total. The second-order valence-corrected chi connectivity index (χ2v) is 9.61. The third-order valence-electron chi connectivity index (χ3n) is 5.29. The molecule has 32 heavy (non-hydrogen) atoms. The number of nitrogens with zero attached hydrogens (tertiary/aromatic N) is 1. The summed E-state index contributed by atoms with van der Waals surface area (Å²) in [5.41, 5.74) is 2.52. The summed E-state index contributed by atoms with van der Waals surface area (Å²) in [6.45, 7) is 0.227. The standard InChI is InChI=1S/C24H21ClN2O4S/c1-27-23(24(28)26-15-16-8-11-19(31-2)12-9-16)22(17-6-4-3-5-7-17)20-14-18(25)10-13-21(20)32(27,29)30/h3-14H,15H2,1-2H3,(H,26,28). The zero-order valence-corrected chi connectivity index (χ0v) is 19.1. The number of carbonyl (C=O) groups excluding carboxylic acids is 1. The molecule has 0 atom stereocenters. The Hall–Kier alpha value is -3.29. The largest absolute Gasteiger partial charge is 0.497 e. The molecule has 0 unspecified atom stereocenters. The Kier molecular flexibility index (Phi) is 5.95. The normalized spacial score (nSPS) is 14.7. The Bertz CT molecular complexity index is 1300. The summed E-state index contributed by atoms with van der Waals surface area (Å²) in [5, 5.41) is 3.23. The van der Waals surface area contributed by atoms with Crippen LogP contribution in [0.25, 0.3) is 5.57 Å². The van der Waals surface area contributed by atoms with Crippen LogP contribution < -0.4 is 10.1 Å². The molecule has 1 aliphatic heterocycles. The van der Waals surface area contributed by atoms with Crippen LogP contribution in [0.5, 0.6) is 5.75 Å². The number of amides is 1. The minimum atomic E-state index is -3.93. The number of ether oxygens (including phenoxy) is 1. The van der Waals surface area contributed by atoms with E-state index >= 15 is 0 Å². The number of nitrogens with one attached hydrogen (secondary N) is 1. The number of likely N-dealkylation sites (N-methyl/N-ethyl adjacent to an activating group) is 1. The maximum Gasteiger partial charge on any atom is 0.269 e. The molecule has 4 rings (SSSR count). The van der Waals surface area contributed by atoms with Crippen molar-refractivity contribution in [1.82, 2.24) is 9.62 Å². The molecular weight excluding hydrogens is 448 g/mol. The van der Waals surface area contributed by atoms with Crippen molar-refractivity contribution in [3.63, 3.8) is 0 Å². The van der Waals surface area contributed by atoms with E-state index in [9.17, 15) is 13.2 Å². The van der Waals surface area contributed by atoms with Crippen molar-refractivity contribution >= 4 is 33.1 Å². The molecule has 0 saturated carbocycles. The Morgan fingerprint density at radius 1 is 1.03 bits per heavy atom. The molecule has 1 aliphatic rings. The van der Waals surface area contributed by atoms with E-state index in [1.165, 1.54) is 19.2 Å². The summed E-state index contributed by atoms with van der Waals surface area (Å²) in [7, 11) is -0.957. The van der Waals surface area contributed by atoms with Gasteiger partial charge < -0.3 is 10.1 Å². The maximum absolute atomic E-state index is 13.3. The average Bonchev–Trinajstić information content (AvgIpc) is 2.80. The fraction of sp³-hybridized carbons (Fsp3) is 0.125. The fourth-order valence-corrected chi connectivity index (χ4v) is 5.20. The molecule has 0 saturated heterocycles. The minimum Gasteiger partial charge on any atom is -0.497 e. The Labute approximate surface area is 192 Å². The van der Waals surface area contributed by atoms with Gasteiger partial charge in [-0.15, -0.1) is 0 Å². The third kappa shape index (κ3) is 3.97. The van der Waals surface area contributed by atoms with Crippen molar-refractivity contribution in [3.05, 3.63) is 100 Å². The first kappa shape index (κ1) is 21.9. The number of hydrogen-bond donors (Lipinski definition) is 1. The van der Waals surface area contributed by atoms with Gasteiger partial charge in [0.05, 0.1) is 12.0 Å². The van der Waals surface area contributed by atoms with E-state index in [1.807, 2.05) is 42.5 Å². The van der Waals surface area contributed by atoms with Gasteiger partial charge in [0.25, 0.3) is 15.9 Å². The highest BCUT2D eigenvalue weighted by atomic mass is 35.5. The summed E-state index contributed by atoms with van der Waals surface area (Å²) >= 11 is 6.21. The zero-order valence-electron chi connectivity index (χ0n) is 17.5. The van der Waals surface area contributed by atoms with E-state index in [4.69, 9.17) is 16.3 Å². The lowest BCUT2D eigenvalue weighted by atomic mass is 9.95. The lowest BCUT2D eigenvalue weighted by Gasteiger charge is -2.31. The molecule has 0 radical (unpaired) electrons. The highest BCUT2D eigenvalue weighted by Gasteiger charge is 2.38. The lowest BCUT2D eigenvalue weighted by Crippen LogP contribution is -2.39. The second-order valence-electron chi connectivity index (χ2n) is 7.23. The predicted octanol–water partition coefficient (Wildman–Crippen LogP) is 4.06. The molecule has 1 amide bonds. The van der Waals surface area contributed by atoms with Crippen LogP contribution in [-0.2, 0) is 21.4 Å². The molecular formula is C24H21ClN2O4S. The molecule has 1 heterocycles. The SMILES string of the molecule is COc1ccc(CNC(=O)C2=C(c3ccccc3)c3cc(Cl)ccc3S(=O)(=O)N2C)cc1. The predicted molar refractivity (Wildman–Crippen MR) is 124 cm³/mol. The minimum absolute atomic E-state index is 0.0412. The van der Waals surface area contributed by atoms with Gasteiger partial charge in [0, 0.05) is 29.8 Å². The van der Waals surface area contributed by atoms with E-state index in [-0.39, 0.29) is 17.1 Å². The smallest absolute Gasteiger partial charge is 0.269 e. The number of benzene rings is 3. The summed E-state index contributed by atoms with van der Waals surface area (Å²) in [6.07, 6.45) is 0. The molecule has 0 bridgehead atoms. The first-order valence-corrected chi connectivity index (χ1v) is 11.6. The first-order valence-electron chi connectivity index (χ1n) is 9.82. The molecule has 8 heteroatoms. The van der Waals surface area contributed by atoms with Crippen LogP contribution in [0, 0.1) is 0 Å². The van der Waals surface area contributed by atoms with Crippen LogP contribution in [0.3, 0.4) is 0 Å². The number of fused-ring (bicyclic) bond motifs is 1. The fourth-order valence-electron chi connectivity index (χ4n) is 3.64. The molecule has 3 aromatic carbocycles. The lowest BCUT2D eigenvalue weighted by molar-refractivity contribution is -0.118. The van der Waals surface area contributed by atoms with E-state index < -0.39 is 15.9 Å². The molecule has 0 fully saturated rings. The van der Waals surface area contributed by atoms with Gasteiger partial charge in [-0.25, -0.2) is 8.42 Å². The maximum atomic E-state index is 13.3. The average molecular weight is 469 g/mol. The van der Waals surface area contributed by atoms with E-state index in [0.717, 1.165) is 9.87 Å². The molecule has 0 aliphatic carbocycles. The van der Waals surface area contributed by atoms with Crippen molar-refractivity contribution < 1.29 is 17.9 Å². The van der Waals surface area contributed by atoms with Gasteiger partial charge >= 0.3 is 0 Å². The first-order chi connectivity index (χ1) is 15.3. The number of carbonyl (C=O) groups is 1. The molecule has 3 aromatic rings. The van der Waals surface area contributed by atoms with Gasteiger partial charge in [-0.05, 0) is 41.5 Å². The van der Waals surface area contributed by atoms with Crippen LogP contribution in [0.2, 0.25) is 5.02 Å². The van der Waals surface area contributed by atoms with Crippen molar-refractivity contribution in [2.24, 2.45) is 0 Å². The van der Waals surface area contributed by atoms with E-state index in [2.05, 4.69) is 5.32 Å². The second kappa shape index (κ2) is 8.68. The Balaban J connectivity index is 1.81. The highest BCUT2D eigenvalue weighted by molar-refractivity contribution is 7.89. The number of hydrogen-bond acceptors (Lipinski definition) is 4. The summed E-state index contributed by atoms with van der Waals surface area (Å²) in [6, 6.07) is 21.1. The van der Waals surface area contributed by atoms with Crippen LogP contribution in [-0.4, -0.2) is 32.8 Å². The molecule has 0 spiro atoms. The Morgan fingerprint density at radius 3 is 2.38 bits per heavy atom. The van der Waals surface area contributed by atoms with Crippen LogP contribution in [0.1, 0.15) is 16.7 Å². The molecule has 0 aromatic heterocycles.